The van der Waals surface area contributed by atoms with Crippen molar-refractivity contribution in [2.24, 2.45) is 16.1 Å². The van der Waals surface area contributed by atoms with Crippen LogP contribution in [0.1, 0.15) is 59.1 Å². The number of nitrogens with two attached hydrogens (primary N) is 1. The van der Waals surface area contributed by atoms with Crippen molar-refractivity contribution in [3.05, 3.63) is 64.5 Å². The lowest BCUT2D eigenvalue weighted by atomic mass is 9.87. The van der Waals surface area contributed by atoms with E-state index in [4.69, 9.17) is 11.1 Å². The molecule has 0 spiro atoms. The number of rotatable bonds is 5. The minimum Gasteiger partial charge on any atom is -0.402 e. The lowest BCUT2D eigenvalue weighted by Crippen LogP contribution is -2.37. The molecule has 2 unspecified atom stereocenters. The Labute approximate surface area is 186 Å². The topological polar surface area (TPSA) is 89.5 Å². The van der Waals surface area contributed by atoms with Crippen LogP contribution in [0.2, 0.25) is 0 Å². The molecule has 31 heavy (non-hydrogen) atoms. The summed E-state index contributed by atoms with van der Waals surface area (Å²) in [6.07, 6.45) is 7.56. The van der Waals surface area contributed by atoms with Crippen molar-refractivity contribution in [3.8, 4) is 0 Å². The highest BCUT2D eigenvalue weighted by Gasteiger charge is 2.33. The molecule has 0 fully saturated rings. The van der Waals surface area contributed by atoms with E-state index in [1.807, 2.05) is 20.9 Å². The number of hydrogen-bond donors (Lipinski definition) is 4. The van der Waals surface area contributed by atoms with E-state index in [2.05, 4.69) is 78.1 Å². The van der Waals surface area contributed by atoms with Crippen molar-refractivity contribution < 1.29 is 0 Å². The van der Waals surface area contributed by atoms with Crippen molar-refractivity contribution in [1.29, 1.82) is 5.41 Å². The minimum atomic E-state index is -0.100. The van der Waals surface area contributed by atoms with Gasteiger partial charge in [0, 0.05) is 42.0 Å². The number of dihydropyridines is 1. The Kier molecular flexibility index (Phi) is 6.70. The first-order chi connectivity index (χ1) is 14.8. The second-order valence-corrected chi connectivity index (χ2v) is 8.89. The molecule has 166 valence electrons. The first kappa shape index (κ1) is 22.8. The highest BCUT2D eigenvalue weighted by atomic mass is 15.6. The second kappa shape index (κ2) is 9.10. The first-order valence-electron chi connectivity index (χ1n) is 11.1. The van der Waals surface area contributed by atoms with Crippen LogP contribution in [0.3, 0.4) is 0 Å². The van der Waals surface area contributed by atoms with Gasteiger partial charge in [-0.05, 0) is 54.5 Å². The van der Waals surface area contributed by atoms with E-state index in [0.717, 1.165) is 40.9 Å². The Hall–Kier alpha value is -2.86. The van der Waals surface area contributed by atoms with Crippen LogP contribution in [0.4, 0.5) is 5.69 Å². The third-order valence-electron chi connectivity index (χ3n) is 5.96. The van der Waals surface area contributed by atoms with E-state index in [1.165, 1.54) is 5.56 Å². The largest absolute Gasteiger partial charge is 0.402 e. The Morgan fingerprint density at radius 1 is 1.26 bits per heavy atom. The predicted molar refractivity (Wildman–Crippen MR) is 131 cm³/mol. The van der Waals surface area contributed by atoms with Gasteiger partial charge in [-0.25, -0.2) is 5.43 Å². The normalized spacial score (nSPS) is 22.3. The summed E-state index contributed by atoms with van der Waals surface area (Å²) in [6.45, 7) is 10.6. The number of anilines is 1. The Morgan fingerprint density at radius 2 is 1.94 bits per heavy atom. The number of nitrogens with zero attached hydrogens (tertiary/aromatic N) is 2. The Morgan fingerprint density at radius 3 is 2.52 bits per heavy atom. The molecular weight excluding hydrogens is 384 g/mol. The lowest BCUT2D eigenvalue weighted by molar-refractivity contribution is 0.215. The zero-order valence-corrected chi connectivity index (χ0v) is 19.6. The number of hydrogen-bond acceptors (Lipinski definition) is 6. The average Bonchev–Trinajstić information content (AvgIpc) is 3.32. The van der Waals surface area contributed by atoms with E-state index < -0.39 is 0 Å². The van der Waals surface area contributed by atoms with Crippen LogP contribution >= 0.6 is 0 Å². The van der Waals surface area contributed by atoms with Crippen LogP contribution in [-0.2, 0) is 0 Å². The smallest absolute Gasteiger partial charge is 0.143 e. The van der Waals surface area contributed by atoms with Crippen LogP contribution < -0.4 is 16.5 Å². The molecule has 4 rings (SSSR count). The molecule has 2 aliphatic heterocycles. The summed E-state index contributed by atoms with van der Waals surface area (Å²) in [4.78, 5) is 4.65. The molecule has 0 saturated carbocycles. The molecule has 6 heteroatoms. The molecule has 6 nitrogen and oxygen atoms in total. The van der Waals surface area contributed by atoms with Crippen LogP contribution in [0, 0.1) is 10.8 Å². The summed E-state index contributed by atoms with van der Waals surface area (Å²) in [5.74, 6) is 0. The van der Waals surface area contributed by atoms with Gasteiger partial charge in [-0.2, -0.15) is 0 Å². The fraction of sp³-hybridized carbons (Fsp3) is 0.440. The zero-order valence-electron chi connectivity index (χ0n) is 19.6. The standard InChI is InChI=1S/C23H30N6.C2H6/c1-14(15-5-7-18(26-4)8-6-15)29-13-17-9-16(12-27-22(17)28-29)21(25)19-10-23(2,3)11-20(19)24;1-2/h5-9,12-14,22,25-26,28H,10-11,24H2,1-4H3;1-2H3. The van der Waals surface area contributed by atoms with Crippen molar-refractivity contribution >= 4 is 17.6 Å². The summed E-state index contributed by atoms with van der Waals surface area (Å²) in [6, 6.07) is 8.60. The van der Waals surface area contributed by atoms with Gasteiger partial charge in [0.1, 0.15) is 6.17 Å². The molecule has 3 aliphatic rings. The molecule has 2 heterocycles. The van der Waals surface area contributed by atoms with Gasteiger partial charge >= 0.3 is 0 Å². The van der Waals surface area contributed by atoms with Gasteiger partial charge < -0.3 is 16.1 Å². The molecule has 0 bridgehead atoms. The molecular formula is C25H36N6. The summed E-state index contributed by atoms with van der Waals surface area (Å²) in [5, 5.41) is 13.9. The van der Waals surface area contributed by atoms with Crippen LogP contribution in [0.15, 0.2) is 64.0 Å². The van der Waals surface area contributed by atoms with Gasteiger partial charge in [0.15, 0.2) is 0 Å². The minimum absolute atomic E-state index is 0.100. The quantitative estimate of drug-likeness (QED) is 0.510. The van der Waals surface area contributed by atoms with Crippen LogP contribution in [-0.4, -0.2) is 30.1 Å². The SMILES string of the molecule is CC.CNc1ccc(C(C)N2C=C3C=C(C(=N)C4=C(N)CC(C)(C)C4)C=NC3N2)cc1. The third kappa shape index (κ3) is 4.74. The number of benzene rings is 1. The van der Waals surface area contributed by atoms with Gasteiger partial charge in [-0.3, -0.25) is 10.4 Å². The molecule has 1 aromatic carbocycles. The van der Waals surface area contributed by atoms with Gasteiger partial charge in [0.25, 0.3) is 0 Å². The maximum absolute atomic E-state index is 8.68. The summed E-state index contributed by atoms with van der Waals surface area (Å²) < 4.78 is 0. The van der Waals surface area contributed by atoms with Crippen LogP contribution in [0.25, 0.3) is 0 Å². The average molecular weight is 421 g/mol. The van der Waals surface area contributed by atoms with E-state index in [0.29, 0.717) is 5.71 Å². The summed E-state index contributed by atoms with van der Waals surface area (Å²) in [7, 11) is 1.92. The number of fused-ring (bicyclic) bond motifs is 1. The maximum Gasteiger partial charge on any atom is 0.143 e. The summed E-state index contributed by atoms with van der Waals surface area (Å²) >= 11 is 0. The van der Waals surface area contributed by atoms with Gasteiger partial charge in [-0.15, -0.1) is 0 Å². The molecule has 0 aromatic heterocycles. The molecule has 0 amide bonds. The van der Waals surface area contributed by atoms with Crippen molar-refractivity contribution in [1.82, 2.24) is 10.4 Å². The molecule has 1 aliphatic carbocycles. The summed E-state index contributed by atoms with van der Waals surface area (Å²) in [5.41, 5.74) is 16.4. The van der Waals surface area contributed by atoms with E-state index >= 15 is 0 Å². The number of allylic oxidation sites excluding steroid dienone is 3. The second-order valence-electron chi connectivity index (χ2n) is 8.89. The Balaban J connectivity index is 0.00000132. The van der Waals surface area contributed by atoms with E-state index in [1.54, 1.807) is 6.21 Å². The Bertz CT molecular complexity index is 949. The number of aliphatic imine (C=N–C) groups is 1. The lowest BCUT2D eigenvalue weighted by Gasteiger charge is -2.26. The fourth-order valence-corrected chi connectivity index (χ4v) is 4.24. The maximum atomic E-state index is 8.68. The van der Waals surface area contributed by atoms with Crippen LogP contribution in [0.5, 0.6) is 0 Å². The predicted octanol–water partition coefficient (Wildman–Crippen LogP) is 4.91. The number of nitrogens with one attached hydrogen (secondary N) is 3. The van der Waals surface area contributed by atoms with Gasteiger partial charge in [0.2, 0.25) is 0 Å². The molecule has 0 radical (unpaired) electrons. The highest BCUT2D eigenvalue weighted by Crippen LogP contribution is 2.40. The van der Waals surface area contributed by atoms with Crippen molar-refractivity contribution in [3.63, 3.8) is 0 Å². The van der Waals surface area contributed by atoms with E-state index in [9.17, 15) is 0 Å². The van der Waals surface area contributed by atoms with E-state index in [-0.39, 0.29) is 17.6 Å². The fourth-order valence-electron chi connectivity index (χ4n) is 4.24. The van der Waals surface area contributed by atoms with Gasteiger partial charge in [-0.1, -0.05) is 39.8 Å². The molecule has 2 atom stereocenters. The molecule has 5 N–H and O–H groups in total. The highest BCUT2D eigenvalue weighted by molar-refractivity contribution is 6.23. The zero-order chi connectivity index (χ0) is 22.8. The number of hydrazine groups is 1. The molecule has 1 aromatic rings. The monoisotopic (exact) mass is 420 g/mol. The molecule has 0 saturated heterocycles. The van der Waals surface area contributed by atoms with Gasteiger partial charge in [0.05, 0.1) is 11.8 Å². The van der Waals surface area contributed by atoms with Crippen molar-refractivity contribution in [2.45, 2.75) is 59.7 Å². The third-order valence-corrected chi connectivity index (χ3v) is 5.96. The first-order valence-corrected chi connectivity index (χ1v) is 11.1. The van der Waals surface area contributed by atoms with Crippen molar-refractivity contribution in [2.75, 3.05) is 12.4 Å².